The number of nitrogens with one attached hydrogen (secondary N) is 1. The minimum absolute atomic E-state index is 0.0814. The first-order valence-electron chi connectivity index (χ1n) is 7.97. The second kappa shape index (κ2) is 8.07. The number of anilines is 1. The first-order chi connectivity index (χ1) is 11.6. The van der Waals surface area contributed by atoms with Gasteiger partial charge in [-0.2, -0.15) is 0 Å². The second-order valence-corrected chi connectivity index (χ2v) is 7.40. The summed E-state index contributed by atoms with van der Waals surface area (Å²) in [5, 5.41) is 15.7. The summed E-state index contributed by atoms with van der Waals surface area (Å²) < 4.78 is 0. The van der Waals surface area contributed by atoms with Crippen LogP contribution in [0, 0.1) is 5.92 Å². The topological polar surface area (TPSA) is 65.5 Å². The highest BCUT2D eigenvalue weighted by Crippen LogP contribution is 2.32. The Morgan fingerprint density at radius 1 is 1.42 bits per heavy atom. The van der Waals surface area contributed by atoms with Crippen LogP contribution < -0.4 is 5.32 Å². The Hall–Kier alpha value is -1.47. The zero-order valence-corrected chi connectivity index (χ0v) is 14.8. The first kappa shape index (κ1) is 17.4. The summed E-state index contributed by atoms with van der Waals surface area (Å²) in [7, 11) is 0. The molecule has 1 aliphatic heterocycles. The number of carbonyl (C=O) groups is 1. The highest BCUT2D eigenvalue weighted by Gasteiger charge is 2.27. The lowest BCUT2D eigenvalue weighted by Gasteiger charge is -2.33. The van der Waals surface area contributed by atoms with E-state index < -0.39 is 0 Å². The number of nitrogens with zero attached hydrogens (tertiary/aromatic N) is 2. The molecule has 2 aromatic heterocycles. The van der Waals surface area contributed by atoms with E-state index in [1.807, 2.05) is 17.5 Å². The number of aliphatic hydroxyl groups excluding tert-OH is 1. The van der Waals surface area contributed by atoms with Crippen LogP contribution in [0.3, 0.4) is 0 Å². The molecule has 1 fully saturated rings. The second-order valence-electron chi connectivity index (χ2n) is 5.98. The van der Waals surface area contributed by atoms with E-state index >= 15 is 0 Å². The van der Waals surface area contributed by atoms with Crippen molar-refractivity contribution in [2.75, 3.05) is 25.0 Å². The number of piperidine rings is 1. The standard InChI is InChI=1S/C17H20ClN3O2S/c18-13-3-4-15(19-10-13)20-16(22)11-21-7-5-12(6-8-21)17(23)14-2-1-9-24-14/h1-4,9-10,12,17,23H,5-8,11H2,(H,19,20,22). The Bertz CT molecular complexity index is 655. The van der Waals surface area contributed by atoms with Crippen molar-refractivity contribution >= 4 is 34.7 Å². The van der Waals surface area contributed by atoms with Crippen molar-refractivity contribution in [3.63, 3.8) is 0 Å². The van der Waals surface area contributed by atoms with Crippen LogP contribution >= 0.6 is 22.9 Å². The smallest absolute Gasteiger partial charge is 0.239 e. The molecule has 7 heteroatoms. The van der Waals surface area contributed by atoms with Gasteiger partial charge in [0, 0.05) is 11.1 Å². The first-order valence-corrected chi connectivity index (χ1v) is 9.23. The zero-order valence-electron chi connectivity index (χ0n) is 13.2. The summed E-state index contributed by atoms with van der Waals surface area (Å²) in [5.74, 6) is 0.690. The van der Waals surface area contributed by atoms with Crippen molar-refractivity contribution in [3.05, 3.63) is 45.7 Å². The van der Waals surface area contributed by atoms with Crippen LogP contribution in [-0.4, -0.2) is 40.5 Å². The van der Waals surface area contributed by atoms with Gasteiger partial charge in [0.15, 0.2) is 0 Å². The number of carbonyl (C=O) groups excluding carboxylic acids is 1. The van der Waals surface area contributed by atoms with Crippen LogP contribution in [0.5, 0.6) is 0 Å². The van der Waals surface area contributed by atoms with Crippen molar-refractivity contribution in [3.8, 4) is 0 Å². The van der Waals surface area contributed by atoms with E-state index in [1.165, 1.54) is 6.20 Å². The predicted octanol–water partition coefficient (Wildman–Crippen LogP) is 3.18. The van der Waals surface area contributed by atoms with Crippen LogP contribution in [0.4, 0.5) is 5.82 Å². The molecule has 1 aliphatic rings. The molecule has 1 unspecified atom stereocenters. The van der Waals surface area contributed by atoms with E-state index in [9.17, 15) is 9.90 Å². The van der Waals surface area contributed by atoms with Gasteiger partial charge >= 0.3 is 0 Å². The fourth-order valence-electron chi connectivity index (χ4n) is 2.95. The lowest BCUT2D eigenvalue weighted by molar-refractivity contribution is -0.117. The summed E-state index contributed by atoms with van der Waals surface area (Å²) >= 11 is 7.37. The van der Waals surface area contributed by atoms with Crippen LogP contribution in [0.15, 0.2) is 35.8 Å². The van der Waals surface area contributed by atoms with Gasteiger partial charge in [0.1, 0.15) is 5.82 Å². The maximum atomic E-state index is 12.1. The number of aliphatic hydroxyl groups is 1. The van der Waals surface area contributed by atoms with Gasteiger partial charge < -0.3 is 10.4 Å². The number of halogens is 1. The molecule has 2 aromatic rings. The lowest BCUT2D eigenvalue weighted by Crippen LogP contribution is -2.40. The minimum Gasteiger partial charge on any atom is -0.387 e. The maximum absolute atomic E-state index is 12.1. The fourth-order valence-corrected chi connectivity index (χ4v) is 3.87. The molecule has 2 N–H and O–H groups in total. The molecule has 1 saturated heterocycles. The third-order valence-electron chi connectivity index (χ3n) is 4.28. The maximum Gasteiger partial charge on any atom is 0.239 e. The molecule has 1 atom stereocenters. The summed E-state index contributed by atoms with van der Waals surface area (Å²) in [4.78, 5) is 19.3. The molecule has 3 heterocycles. The highest BCUT2D eigenvalue weighted by atomic mass is 35.5. The Morgan fingerprint density at radius 3 is 2.83 bits per heavy atom. The van der Waals surface area contributed by atoms with Crippen LogP contribution in [-0.2, 0) is 4.79 Å². The van der Waals surface area contributed by atoms with E-state index in [-0.39, 0.29) is 17.9 Å². The van der Waals surface area contributed by atoms with Crippen molar-refractivity contribution in [1.82, 2.24) is 9.88 Å². The van der Waals surface area contributed by atoms with Crippen molar-refractivity contribution < 1.29 is 9.90 Å². The number of hydrogen-bond acceptors (Lipinski definition) is 5. The highest BCUT2D eigenvalue weighted by molar-refractivity contribution is 7.10. The Kier molecular flexibility index (Phi) is 5.84. The Morgan fingerprint density at radius 2 is 2.21 bits per heavy atom. The Labute approximate surface area is 150 Å². The molecule has 0 aromatic carbocycles. The third-order valence-corrected chi connectivity index (χ3v) is 5.44. The molecule has 24 heavy (non-hydrogen) atoms. The molecule has 0 bridgehead atoms. The summed E-state index contributed by atoms with van der Waals surface area (Å²) in [6.07, 6.45) is 2.91. The molecule has 1 amide bonds. The predicted molar refractivity (Wildman–Crippen MR) is 96.3 cm³/mol. The SMILES string of the molecule is O=C(CN1CCC(C(O)c2cccs2)CC1)Nc1ccc(Cl)cn1. The zero-order chi connectivity index (χ0) is 16.9. The number of thiophene rings is 1. The molecular formula is C17H20ClN3O2S. The summed E-state index contributed by atoms with van der Waals surface area (Å²) in [5.41, 5.74) is 0. The quantitative estimate of drug-likeness (QED) is 0.854. The van der Waals surface area contributed by atoms with Gasteiger partial charge in [-0.3, -0.25) is 9.69 Å². The van der Waals surface area contributed by atoms with Gasteiger partial charge in [0.2, 0.25) is 5.91 Å². The summed E-state index contributed by atoms with van der Waals surface area (Å²) in [6, 6.07) is 7.33. The molecule has 0 saturated carbocycles. The van der Waals surface area contributed by atoms with Gasteiger partial charge in [-0.25, -0.2) is 4.98 Å². The van der Waals surface area contributed by atoms with Crippen molar-refractivity contribution in [2.24, 2.45) is 5.92 Å². The molecule has 0 aliphatic carbocycles. The van der Waals surface area contributed by atoms with Gasteiger partial charge in [-0.1, -0.05) is 17.7 Å². The summed E-state index contributed by atoms with van der Waals surface area (Å²) in [6.45, 7) is 1.97. The largest absolute Gasteiger partial charge is 0.387 e. The van der Waals surface area contributed by atoms with E-state index in [0.717, 1.165) is 30.8 Å². The van der Waals surface area contributed by atoms with E-state index in [4.69, 9.17) is 11.6 Å². The monoisotopic (exact) mass is 365 g/mol. The van der Waals surface area contributed by atoms with Crippen LogP contribution in [0.25, 0.3) is 0 Å². The number of pyridine rings is 1. The van der Waals surface area contributed by atoms with E-state index in [2.05, 4.69) is 15.2 Å². The molecule has 5 nitrogen and oxygen atoms in total. The van der Waals surface area contributed by atoms with Gasteiger partial charge in [-0.15, -0.1) is 11.3 Å². The fraction of sp³-hybridized carbons (Fsp3) is 0.412. The van der Waals surface area contributed by atoms with Crippen LogP contribution in [0.2, 0.25) is 5.02 Å². The normalized spacial score (nSPS) is 17.6. The Balaban J connectivity index is 1.45. The third kappa shape index (κ3) is 4.54. The van der Waals surface area contributed by atoms with Crippen molar-refractivity contribution in [2.45, 2.75) is 18.9 Å². The lowest BCUT2D eigenvalue weighted by atomic mass is 9.90. The molecule has 0 radical (unpaired) electrons. The van der Waals surface area contributed by atoms with Gasteiger partial charge in [0.05, 0.1) is 17.7 Å². The number of rotatable bonds is 5. The van der Waals surface area contributed by atoms with Crippen LogP contribution in [0.1, 0.15) is 23.8 Å². The minimum atomic E-state index is -0.390. The molecule has 0 spiro atoms. The van der Waals surface area contributed by atoms with Crippen molar-refractivity contribution in [1.29, 1.82) is 0 Å². The van der Waals surface area contributed by atoms with Gasteiger partial charge in [0.25, 0.3) is 0 Å². The number of amides is 1. The van der Waals surface area contributed by atoms with E-state index in [0.29, 0.717) is 17.4 Å². The van der Waals surface area contributed by atoms with Gasteiger partial charge in [-0.05, 0) is 55.4 Å². The van der Waals surface area contributed by atoms with E-state index in [1.54, 1.807) is 23.5 Å². The average Bonchev–Trinajstić information content (AvgIpc) is 3.11. The molecule has 128 valence electrons. The number of hydrogen-bond donors (Lipinski definition) is 2. The average molecular weight is 366 g/mol. The number of likely N-dealkylation sites (tertiary alicyclic amines) is 1. The number of aromatic nitrogens is 1. The molecule has 3 rings (SSSR count). The molecular weight excluding hydrogens is 346 g/mol.